The van der Waals surface area contributed by atoms with E-state index in [-0.39, 0.29) is 13.2 Å². The first-order chi connectivity index (χ1) is 5.81. The fourth-order valence-corrected chi connectivity index (χ4v) is 2.55. The first-order valence-electron chi connectivity index (χ1n) is 4.22. The summed E-state index contributed by atoms with van der Waals surface area (Å²) in [7, 11) is 0. The van der Waals surface area contributed by atoms with E-state index in [1.54, 1.807) is 11.8 Å². The van der Waals surface area contributed by atoms with Crippen molar-refractivity contribution in [2.24, 2.45) is 0 Å². The molecule has 0 rings (SSSR count). The fourth-order valence-electron chi connectivity index (χ4n) is 0.753. The molecule has 0 aromatic rings. The van der Waals surface area contributed by atoms with Crippen LogP contribution >= 0.6 is 23.5 Å². The third kappa shape index (κ3) is 8.71. The van der Waals surface area contributed by atoms with Crippen LogP contribution < -0.4 is 0 Å². The summed E-state index contributed by atoms with van der Waals surface area (Å²) < 4.78 is 0. The number of thioether (sulfide) groups is 2. The predicted molar refractivity (Wildman–Crippen MR) is 58.0 cm³/mol. The van der Waals surface area contributed by atoms with Crippen LogP contribution in [0.5, 0.6) is 0 Å². The minimum atomic E-state index is 0.277. The quantitative estimate of drug-likeness (QED) is 0.591. The van der Waals surface area contributed by atoms with Crippen molar-refractivity contribution in [2.75, 3.05) is 30.5 Å². The highest BCUT2D eigenvalue weighted by molar-refractivity contribution is 8.00. The molecule has 0 saturated carbocycles. The lowest BCUT2D eigenvalue weighted by Crippen LogP contribution is -2.02. The zero-order chi connectivity index (χ0) is 9.23. The second kappa shape index (κ2) is 9.71. The third-order valence-electron chi connectivity index (χ3n) is 1.40. The van der Waals surface area contributed by atoms with E-state index in [0.717, 1.165) is 23.7 Å². The largest absolute Gasteiger partial charge is 0.396 e. The van der Waals surface area contributed by atoms with Gasteiger partial charge < -0.3 is 10.2 Å². The number of aliphatic hydroxyl groups is 2. The average Bonchev–Trinajstić information content (AvgIpc) is 2.09. The number of hydrogen-bond donors (Lipinski definition) is 2. The molecule has 2 N–H and O–H groups in total. The summed E-state index contributed by atoms with van der Waals surface area (Å²) in [4.78, 5) is 0. The molecule has 1 atom stereocenters. The van der Waals surface area contributed by atoms with E-state index in [9.17, 15) is 0 Å². The van der Waals surface area contributed by atoms with Crippen molar-refractivity contribution >= 4 is 23.5 Å². The maximum absolute atomic E-state index is 8.57. The van der Waals surface area contributed by atoms with Gasteiger partial charge in [0.1, 0.15) is 0 Å². The molecule has 0 aliphatic heterocycles. The molecule has 0 heterocycles. The van der Waals surface area contributed by atoms with Gasteiger partial charge >= 0.3 is 0 Å². The lowest BCUT2D eigenvalue weighted by atomic mass is 10.4. The summed E-state index contributed by atoms with van der Waals surface area (Å²) in [5.41, 5.74) is 0. The summed E-state index contributed by atoms with van der Waals surface area (Å²) in [6.07, 6.45) is 1.16. The molecule has 74 valence electrons. The van der Waals surface area contributed by atoms with Gasteiger partial charge in [0.2, 0.25) is 0 Å². The Bertz CT molecular complexity index is 91.1. The third-order valence-corrected chi connectivity index (χ3v) is 3.62. The van der Waals surface area contributed by atoms with Crippen LogP contribution in [0.2, 0.25) is 0 Å². The SMILES string of the molecule is C[C@@H](CCSCCO)SCCO. The highest BCUT2D eigenvalue weighted by Crippen LogP contribution is 2.15. The van der Waals surface area contributed by atoms with Gasteiger partial charge in [0, 0.05) is 16.8 Å². The van der Waals surface area contributed by atoms with Crippen LogP contribution in [0.3, 0.4) is 0 Å². The highest BCUT2D eigenvalue weighted by atomic mass is 32.2. The Balaban J connectivity index is 3.02. The molecule has 0 fully saturated rings. The molecule has 0 aliphatic carbocycles. The zero-order valence-corrected chi connectivity index (χ0v) is 9.16. The number of aliphatic hydroxyl groups excluding tert-OH is 2. The van der Waals surface area contributed by atoms with Crippen LogP contribution in [0.1, 0.15) is 13.3 Å². The second-order valence-electron chi connectivity index (χ2n) is 2.53. The minimum Gasteiger partial charge on any atom is -0.396 e. The van der Waals surface area contributed by atoms with Gasteiger partial charge in [0.15, 0.2) is 0 Å². The van der Waals surface area contributed by atoms with E-state index in [0.29, 0.717) is 5.25 Å². The molecule has 0 aromatic carbocycles. The van der Waals surface area contributed by atoms with Gasteiger partial charge in [-0.3, -0.25) is 0 Å². The van der Waals surface area contributed by atoms with Crippen LogP contribution in [0.15, 0.2) is 0 Å². The van der Waals surface area contributed by atoms with Crippen molar-refractivity contribution in [1.82, 2.24) is 0 Å². The summed E-state index contributed by atoms with van der Waals surface area (Å²) in [5.74, 6) is 2.80. The lowest BCUT2D eigenvalue weighted by molar-refractivity contribution is 0.322. The topological polar surface area (TPSA) is 40.5 Å². The molecule has 12 heavy (non-hydrogen) atoms. The monoisotopic (exact) mass is 210 g/mol. The van der Waals surface area contributed by atoms with Gasteiger partial charge in [0.25, 0.3) is 0 Å². The Kier molecular flexibility index (Phi) is 10.2. The summed E-state index contributed by atoms with van der Waals surface area (Å²) in [5, 5.41) is 17.7. The summed E-state index contributed by atoms with van der Waals surface area (Å²) in [6.45, 7) is 2.74. The molecular formula is C8H18O2S2. The van der Waals surface area contributed by atoms with Crippen molar-refractivity contribution in [1.29, 1.82) is 0 Å². The van der Waals surface area contributed by atoms with Crippen LogP contribution in [0.25, 0.3) is 0 Å². The molecule has 0 spiro atoms. The fraction of sp³-hybridized carbons (Fsp3) is 1.00. The maximum atomic E-state index is 8.57. The van der Waals surface area contributed by atoms with Gasteiger partial charge in [-0.25, -0.2) is 0 Å². The van der Waals surface area contributed by atoms with Gasteiger partial charge in [-0.05, 0) is 12.2 Å². The van der Waals surface area contributed by atoms with E-state index < -0.39 is 0 Å². The predicted octanol–water partition coefficient (Wildman–Crippen LogP) is 1.22. The Hall–Kier alpha value is 0.620. The van der Waals surface area contributed by atoms with Crippen LogP contribution in [-0.2, 0) is 0 Å². The number of hydrogen-bond acceptors (Lipinski definition) is 4. The standard InChI is InChI=1S/C8H18O2S2/c1-8(12-7-4-10)2-5-11-6-3-9/h8-10H,2-7H2,1H3/t8-/m0/s1. The van der Waals surface area contributed by atoms with Gasteiger partial charge in [-0.15, -0.1) is 0 Å². The number of rotatable bonds is 8. The Morgan fingerprint density at radius 1 is 1.08 bits per heavy atom. The van der Waals surface area contributed by atoms with Crippen LogP contribution in [0.4, 0.5) is 0 Å². The smallest absolute Gasteiger partial charge is 0.0521 e. The van der Waals surface area contributed by atoms with E-state index in [4.69, 9.17) is 10.2 Å². The Labute approximate surface area is 83.1 Å². The maximum Gasteiger partial charge on any atom is 0.0521 e. The molecule has 0 aromatic heterocycles. The molecule has 2 nitrogen and oxygen atoms in total. The molecule has 0 saturated heterocycles. The first-order valence-corrected chi connectivity index (χ1v) is 6.42. The van der Waals surface area contributed by atoms with E-state index >= 15 is 0 Å². The molecular weight excluding hydrogens is 192 g/mol. The molecule has 0 radical (unpaired) electrons. The van der Waals surface area contributed by atoms with E-state index in [1.165, 1.54) is 0 Å². The Morgan fingerprint density at radius 2 is 1.75 bits per heavy atom. The molecule has 0 bridgehead atoms. The van der Waals surface area contributed by atoms with Crippen LogP contribution in [0, 0.1) is 0 Å². The highest BCUT2D eigenvalue weighted by Gasteiger charge is 2.00. The molecule has 0 aliphatic rings. The first kappa shape index (κ1) is 12.6. The summed E-state index contributed by atoms with van der Waals surface area (Å²) >= 11 is 3.60. The van der Waals surface area contributed by atoms with Crippen molar-refractivity contribution in [3.63, 3.8) is 0 Å². The molecule has 0 unspecified atom stereocenters. The van der Waals surface area contributed by atoms with Gasteiger partial charge in [-0.2, -0.15) is 23.5 Å². The molecule has 4 heteroatoms. The minimum absolute atomic E-state index is 0.277. The van der Waals surface area contributed by atoms with Gasteiger partial charge in [0.05, 0.1) is 13.2 Å². The van der Waals surface area contributed by atoms with Crippen molar-refractivity contribution in [3.05, 3.63) is 0 Å². The van der Waals surface area contributed by atoms with Crippen LogP contribution in [-0.4, -0.2) is 45.9 Å². The molecule has 0 amide bonds. The zero-order valence-electron chi connectivity index (χ0n) is 7.53. The Morgan fingerprint density at radius 3 is 2.33 bits per heavy atom. The van der Waals surface area contributed by atoms with Crippen molar-refractivity contribution in [2.45, 2.75) is 18.6 Å². The average molecular weight is 210 g/mol. The van der Waals surface area contributed by atoms with Crippen molar-refractivity contribution in [3.8, 4) is 0 Å². The summed E-state index contributed by atoms with van der Waals surface area (Å²) in [6, 6.07) is 0. The normalized spacial score (nSPS) is 13.2. The van der Waals surface area contributed by atoms with Gasteiger partial charge in [-0.1, -0.05) is 6.92 Å². The van der Waals surface area contributed by atoms with E-state index in [1.807, 2.05) is 11.8 Å². The second-order valence-corrected chi connectivity index (χ2v) is 5.30. The van der Waals surface area contributed by atoms with E-state index in [2.05, 4.69) is 6.92 Å². The lowest BCUT2D eigenvalue weighted by Gasteiger charge is -2.08. The van der Waals surface area contributed by atoms with Crippen molar-refractivity contribution < 1.29 is 10.2 Å².